The monoisotopic (exact) mass is 308 g/mol. The maximum Gasteiger partial charge on any atom is 0.224 e. The zero-order chi connectivity index (χ0) is 16.0. The van der Waals surface area contributed by atoms with Gasteiger partial charge in [-0.25, -0.2) is 0 Å². The average molecular weight is 308 g/mol. The Morgan fingerprint density at radius 2 is 1.90 bits per heavy atom. The number of amides is 1. The van der Waals surface area contributed by atoms with Gasteiger partial charge in [0.05, 0.1) is 0 Å². The van der Waals surface area contributed by atoms with Gasteiger partial charge < -0.3 is 15.8 Å². The van der Waals surface area contributed by atoms with Crippen LogP contribution in [0.1, 0.15) is 34.1 Å². The van der Waals surface area contributed by atoms with Gasteiger partial charge >= 0.3 is 0 Å². The molecule has 0 bridgehead atoms. The first-order chi connectivity index (χ1) is 9.68. The van der Waals surface area contributed by atoms with Crippen LogP contribution in [0.2, 0.25) is 0 Å². The number of ether oxygens (including phenoxy) is 1. The van der Waals surface area contributed by atoms with Crippen LogP contribution in [0.25, 0.3) is 0 Å². The minimum Gasteiger partial charge on any atom is -0.487 e. The third-order valence-electron chi connectivity index (χ3n) is 3.49. The molecule has 1 aromatic rings. The molecule has 21 heavy (non-hydrogen) atoms. The van der Waals surface area contributed by atoms with Crippen molar-refractivity contribution in [3.05, 3.63) is 24.3 Å². The van der Waals surface area contributed by atoms with Crippen molar-refractivity contribution in [2.24, 2.45) is 17.1 Å². The summed E-state index contributed by atoms with van der Waals surface area (Å²) in [5.74, 6) is 1.00. The summed E-state index contributed by atoms with van der Waals surface area (Å²) in [6.07, 6.45) is 0.503. The quantitative estimate of drug-likeness (QED) is 0.791. The van der Waals surface area contributed by atoms with Gasteiger partial charge in [0.2, 0.25) is 5.91 Å². The number of nitrogens with one attached hydrogen (secondary N) is 1. The second-order valence-electron chi connectivity index (χ2n) is 6.30. The number of rotatable bonds is 6. The lowest BCUT2D eigenvalue weighted by atomic mass is 9.80. The van der Waals surface area contributed by atoms with Crippen molar-refractivity contribution in [3.63, 3.8) is 0 Å². The summed E-state index contributed by atoms with van der Waals surface area (Å²) in [7, 11) is 0. The Bertz CT molecular complexity index is 492. The van der Waals surface area contributed by atoms with Gasteiger partial charge in [-0.2, -0.15) is 0 Å². The Morgan fingerprint density at radius 3 is 2.38 bits per heavy atom. The molecule has 1 amide bonds. The van der Waals surface area contributed by atoms with Gasteiger partial charge in [0.25, 0.3) is 0 Å². The van der Waals surface area contributed by atoms with Crippen molar-refractivity contribution >= 4 is 28.8 Å². The highest BCUT2D eigenvalue weighted by Crippen LogP contribution is 2.28. The SMILES string of the molecule is CC(CC(=O)Nc1ccc(OCC(N)=S)cc1)C(C)(C)C. The summed E-state index contributed by atoms with van der Waals surface area (Å²) < 4.78 is 5.36. The highest BCUT2D eigenvalue weighted by molar-refractivity contribution is 7.80. The number of anilines is 1. The number of benzene rings is 1. The third kappa shape index (κ3) is 6.58. The Kier molecular flexibility index (Phi) is 6.15. The van der Waals surface area contributed by atoms with E-state index in [1.165, 1.54) is 0 Å². The molecule has 1 aromatic carbocycles. The summed E-state index contributed by atoms with van der Waals surface area (Å²) in [5, 5.41) is 2.89. The van der Waals surface area contributed by atoms with Gasteiger partial charge in [-0.3, -0.25) is 4.79 Å². The van der Waals surface area contributed by atoms with Gasteiger partial charge in [0.1, 0.15) is 17.3 Å². The van der Waals surface area contributed by atoms with E-state index in [0.717, 1.165) is 5.69 Å². The van der Waals surface area contributed by atoms with E-state index in [1.54, 1.807) is 24.3 Å². The van der Waals surface area contributed by atoms with Crippen molar-refractivity contribution in [1.29, 1.82) is 0 Å². The first-order valence-electron chi connectivity index (χ1n) is 6.99. The number of nitrogens with two attached hydrogens (primary N) is 1. The molecule has 1 unspecified atom stereocenters. The molecular weight excluding hydrogens is 284 g/mol. The molecule has 0 aromatic heterocycles. The van der Waals surface area contributed by atoms with E-state index in [4.69, 9.17) is 22.7 Å². The summed E-state index contributed by atoms with van der Waals surface area (Å²) in [6, 6.07) is 7.16. The van der Waals surface area contributed by atoms with Crippen molar-refractivity contribution in [3.8, 4) is 5.75 Å². The van der Waals surface area contributed by atoms with Gasteiger partial charge in [-0.15, -0.1) is 0 Å². The van der Waals surface area contributed by atoms with E-state index < -0.39 is 0 Å². The molecule has 1 rings (SSSR count). The van der Waals surface area contributed by atoms with E-state index in [0.29, 0.717) is 23.1 Å². The normalized spacial score (nSPS) is 12.6. The summed E-state index contributed by atoms with van der Waals surface area (Å²) in [4.78, 5) is 12.3. The van der Waals surface area contributed by atoms with Crippen LogP contribution in [0, 0.1) is 11.3 Å². The molecule has 0 fully saturated rings. The number of thiocarbonyl (C=S) groups is 1. The first-order valence-corrected chi connectivity index (χ1v) is 7.40. The Hall–Kier alpha value is -1.62. The van der Waals surface area contributed by atoms with Crippen molar-refractivity contribution in [2.45, 2.75) is 34.1 Å². The molecule has 0 aliphatic carbocycles. The van der Waals surface area contributed by atoms with E-state index in [9.17, 15) is 4.79 Å². The summed E-state index contributed by atoms with van der Waals surface area (Å²) in [5.41, 5.74) is 6.24. The number of carbonyl (C=O) groups is 1. The highest BCUT2D eigenvalue weighted by Gasteiger charge is 2.22. The fraction of sp³-hybridized carbons (Fsp3) is 0.500. The molecule has 0 heterocycles. The fourth-order valence-corrected chi connectivity index (χ4v) is 1.64. The Morgan fingerprint density at radius 1 is 1.33 bits per heavy atom. The van der Waals surface area contributed by atoms with Gasteiger partial charge in [-0.05, 0) is 35.6 Å². The van der Waals surface area contributed by atoms with Crippen LogP contribution in [-0.2, 0) is 4.79 Å². The topological polar surface area (TPSA) is 64.3 Å². The summed E-state index contributed by atoms with van der Waals surface area (Å²) in [6.45, 7) is 8.72. The molecular formula is C16H24N2O2S. The fourth-order valence-electron chi connectivity index (χ4n) is 1.59. The molecule has 1 atom stereocenters. The number of carbonyl (C=O) groups excluding carboxylic acids is 1. The summed E-state index contributed by atoms with van der Waals surface area (Å²) >= 11 is 4.74. The molecule has 116 valence electrons. The maximum atomic E-state index is 12.0. The van der Waals surface area contributed by atoms with Crippen LogP contribution in [0.5, 0.6) is 5.75 Å². The van der Waals surface area contributed by atoms with Crippen LogP contribution in [0.4, 0.5) is 5.69 Å². The van der Waals surface area contributed by atoms with Gasteiger partial charge in [-0.1, -0.05) is 39.9 Å². The minimum absolute atomic E-state index is 0.0224. The Balaban J connectivity index is 2.52. The van der Waals surface area contributed by atoms with Crippen molar-refractivity contribution < 1.29 is 9.53 Å². The second-order valence-corrected chi connectivity index (χ2v) is 6.82. The highest BCUT2D eigenvalue weighted by atomic mass is 32.1. The van der Waals surface area contributed by atoms with Crippen LogP contribution in [-0.4, -0.2) is 17.5 Å². The zero-order valence-corrected chi connectivity index (χ0v) is 13.9. The van der Waals surface area contributed by atoms with Crippen molar-refractivity contribution in [1.82, 2.24) is 0 Å². The van der Waals surface area contributed by atoms with E-state index in [-0.39, 0.29) is 17.9 Å². The molecule has 0 aliphatic heterocycles. The average Bonchev–Trinajstić information content (AvgIpc) is 2.36. The van der Waals surface area contributed by atoms with Crippen LogP contribution >= 0.6 is 12.2 Å². The molecule has 0 spiro atoms. The van der Waals surface area contributed by atoms with Crippen LogP contribution < -0.4 is 15.8 Å². The smallest absolute Gasteiger partial charge is 0.224 e. The molecule has 5 heteroatoms. The molecule has 3 N–H and O–H groups in total. The van der Waals surface area contributed by atoms with Crippen LogP contribution in [0.15, 0.2) is 24.3 Å². The number of hydrogen-bond acceptors (Lipinski definition) is 3. The molecule has 4 nitrogen and oxygen atoms in total. The predicted octanol–water partition coefficient (Wildman–Crippen LogP) is 3.36. The third-order valence-corrected chi connectivity index (χ3v) is 3.61. The number of hydrogen-bond donors (Lipinski definition) is 2. The van der Waals surface area contributed by atoms with E-state index in [1.807, 2.05) is 0 Å². The van der Waals surface area contributed by atoms with Crippen molar-refractivity contribution in [2.75, 3.05) is 11.9 Å². The maximum absolute atomic E-state index is 12.0. The lowest BCUT2D eigenvalue weighted by molar-refractivity contribution is -0.117. The molecule has 0 aliphatic rings. The molecule has 0 radical (unpaired) electrons. The molecule has 0 saturated heterocycles. The minimum atomic E-state index is 0.0224. The van der Waals surface area contributed by atoms with E-state index in [2.05, 4.69) is 33.0 Å². The largest absolute Gasteiger partial charge is 0.487 e. The van der Waals surface area contributed by atoms with Gasteiger partial charge in [0.15, 0.2) is 0 Å². The van der Waals surface area contributed by atoms with Crippen LogP contribution in [0.3, 0.4) is 0 Å². The lowest BCUT2D eigenvalue weighted by Gasteiger charge is -2.26. The first kappa shape index (κ1) is 17.4. The standard InChI is InChI=1S/C16H24N2O2S/c1-11(16(2,3)4)9-15(19)18-12-5-7-13(8-6-12)20-10-14(17)21/h5-8,11H,9-10H2,1-4H3,(H2,17,21)(H,18,19). The predicted molar refractivity (Wildman–Crippen MR) is 90.6 cm³/mol. The molecule has 0 saturated carbocycles. The Labute approximate surface area is 132 Å². The van der Waals surface area contributed by atoms with Gasteiger partial charge in [0, 0.05) is 12.1 Å². The van der Waals surface area contributed by atoms with E-state index >= 15 is 0 Å². The zero-order valence-electron chi connectivity index (χ0n) is 13.1. The lowest BCUT2D eigenvalue weighted by Crippen LogP contribution is -2.23. The second kappa shape index (κ2) is 7.41.